The predicted molar refractivity (Wildman–Crippen MR) is 126 cm³/mol. The van der Waals surface area contributed by atoms with Crippen molar-refractivity contribution in [3.8, 4) is 17.2 Å². The summed E-state index contributed by atoms with van der Waals surface area (Å²) in [4.78, 5) is 38.9. The number of amides is 4. The maximum Gasteiger partial charge on any atom is 0.335 e. The van der Waals surface area contributed by atoms with Crippen molar-refractivity contribution in [3.05, 3.63) is 90.0 Å². The molecule has 0 aromatic heterocycles. The van der Waals surface area contributed by atoms with E-state index in [0.29, 0.717) is 29.4 Å². The summed E-state index contributed by atoms with van der Waals surface area (Å²) in [6.07, 6.45) is 1.41. The number of carbonyl (C=O) groups excluding carboxylic acids is 3. The van der Waals surface area contributed by atoms with E-state index < -0.39 is 17.8 Å². The summed E-state index contributed by atoms with van der Waals surface area (Å²) >= 11 is 0. The van der Waals surface area contributed by atoms with E-state index in [1.165, 1.54) is 13.2 Å². The average molecular weight is 458 g/mol. The number of rotatable bonds is 8. The summed E-state index contributed by atoms with van der Waals surface area (Å²) < 4.78 is 16.6. The van der Waals surface area contributed by atoms with Crippen LogP contribution in [0.1, 0.15) is 5.56 Å². The van der Waals surface area contributed by atoms with Gasteiger partial charge in [-0.3, -0.25) is 14.9 Å². The van der Waals surface area contributed by atoms with Crippen molar-refractivity contribution in [1.29, 1.82) is 0 Å². The number of para-hydroxylation sites is 2. The molecule has 172 valence electrons. The SMILES string of the molecule is COc1ccc(N2C(=O)NC(=O)/C(=C\c3ccccc3OCCOc3ccccc3)C2=O)cc1. The Hall–Kier alpha value is -4.59. The number of anilines is 1. The molecule has 0 aliphatic carbocycles. The minimum atomic E-state index is -0.820. The molecule has 1 N–H and O–H groups in total. The van der Waals surface area contributed by atoms with Crippen LogP contribution in [0.4, 0.5) is 10.5 Å². The van der Waals surface area contributed by atoms with Crippen LogP contribution in [-0.2, 0) is 9.59 Å². The number of ether oxygens (including phenoxy) is 3. The van der Waals surface area contributed by atoms with E-state index in [1.807, 2.05) is 30.3 Å². The average Bonchev–Trinajstić information content (AvgIpc) is 2.86. The van der Waals surface area contributed by atoms with Gasteiger partial charge in [-0.25, -0.2) is 9.69 Å². The van der Waals surface area contributed by atoms with Gasteiger partial charge in [0.25, 0.3) is 11.8 Å². The highest BCUT2D eigenvalue weighted by molar-refractivity contribution is 6.39. The van der Waals surface area contributed by atoms with Crippen LogP contribution < -0.4 is 24.4 Å². The van der Waals surface area contributed by atoms with Crippen LogP contribution in [0.15, 0.2) is 84.4 Å². The van der Waals surface area contributed by atoms with Crippen LogP contribution >= 0.6 is 0 Å². The molecular formula is C26H22N2O6. The number of barbiturate groups is 1. The molecule has 4 amide bonds. The maximum atomic E-state index is 13.1. The summed E-state index contributed by atoms with van der Waals surface area (Å²) in [5, 5.41) is 2.21. The molecule has 1 aliphatic heterocycles. The standard InChI is InChI=1S/C26H22N2O6/c1-32-20-13-11-19(12-14-20)28-25(30)22(24(29)27-26(28)31)17-18-7-5-6-10-23(18)34-16-15-33-21-8-3-2-4-9-21/h2-14,17H,15-16H2,1H3,(H,27,29,31)/b22-17+. The van der Waals surface area contributed by atoms with Gasteiger partial charge in [0.15, 0.2) is 0 Å². The van der Waals surface area contributed by atoms with Crippen LogP contribution in [0.25, 0.3) is 6.08 Å². The molecule has 4 rings (SSSR count). The van der Waals surface area contributed by atoms with Crippen LogP contribution in [0.5, 0.6) is 17.2 Å². The Kier molecular flexibility index (Phi) is 6.88. The Bertz CT molecular complexity index is 1220. The first-order valence-corrected chi connectivity index (χ1v) is 10.5. The highest BCUT2D eigenvalue weighted by Gasteiger charge is 2.37. The van der Waals surface area contributed by atoms with E-state index in [9.17, 15) is 14.4 Å². The predicted octanol–water partition coefficient (Wildman–Crippen LogP) is 3.82. The molecule has 3 aromatic carbocycles. The minimum Gasteiger partial charge on any atom is -0.497 e. The third-order valence-corrected chi connectivity index (χ3v) is 5.00. The van der Waals surface area contributed by atoms with Crippen molar-refractivity contribution in [1.82, 2.24) is 5.32 Å². The van der Waals surface area contributed by atoms with Crippen molar-refractivity contribution >= 4 is 29.6 Å². The van der Waals surface area contributed by atoms with Gasteiger partial charge in [-0.05, 0) is 48.5 Å². The van der Waals surface area contributed by atoms with Gasteiger partial charge in [-0.15, -0.1) is 0 Å². The van der Waals surface area contributed by atoms with Gasteiger partial charge in [0.1, 0.15) is 36.0 Å². The van der Waals surface area contributed by atoms with E-state index >= 15 is 0 Å². The van der Waals surface area contributed by atoms with E-state index in [-0.39, 0.29) is 12.2 Å². The largest absolute Gasteiger partial charge is 0.497 e. The van der Waals surface area contributed by atoms with E-state index in [1.54, 1.807) is 48.5 Å². The summed E-state index contributed by atoms with van der Waals surface area (Å²) in [6.45, 7) is 0.569. The van der Waals surface area contributed by atoms with E-state index in [2.05, 4.69) is 5.32 Å². The van der Waals surface area contributed by atoms with Crippen molar-refractivity contribution in [2.75, 3.05) is 25.2 Å². The van der Waals surface area contributed by atoms with Gasteiger partial charge < -0.3 is 14.2 Å². The lowest BCUT2D eigenvalue weighted by molar-refractivity contribution is -0.122. The van der Waals surface area contributed by atoms with Gasteiger partial charge in [0.2, 0.25) is 0 Å². The second kappa shape index (κ2) is 10.4. The zero-order chi connectivity index (χ0) is 23.9. The smallest absolute Gasteiger partial charge is 0.335 e. The molecule has 8 heteroatoms. The lowest BCUT2D eigenvalue weighted by atomic mass is 10.1. The highest BCUT2D eigenvalue weighted by Crippen LogP contribution is 2.26. The Morgan fingerprint density at radius 1 is 0.794 bits per heavy atom. The van der Waals surface area contributed by atoms with Crippen molar-refractivity contribution in [2.24, 2.45) is 0 Å². The fourth-order valence-corrected chi connectivity index (χ4v) is 3.34. The molecule has 3 aromatic rings. The minimum absolute atomic E-state index is 0.188. The molecule has 0 radical (unpaired) electrons. The Morgan fingerprint density at radius 3 is 2.21 bits per heavy atom. The molecule has 1 aliphatic rings. The lowest BCUT2D eigenvalue weighted by Crippen LogP contribution is -2.54. The third-order valence-electron chi connectivity index (χ3n) is 5.00. The molecular weight excluding hydrogens is 436 g/mol. The van der Waals surface area contributed by atoms with Gasteiger partial charge in [0.05, 0.1) is 12.8 Å². The third kappa shape index (κ3) is 5.07. The zero-order valence-corrected chi connectivity index (χ0v) is 18.4. The maximum absolute atomic E-state index is 13.1. The van der Waals surface area contributed by atoms with Crippen molar-refractivity contribution in [2.45, 2.75) is 0 Å². The molecule has 0 spiro atoms. The van der Waals surface area contributed by atoms with Crippen LogP contribution in [0, 0.1) is 0 Å². The number of nitrogens with one attached hydrogen (secondary N) is 1. The van der Waals surface area contributed by atoms with E-state index in [4.69, 9.17) is 14.2 Å². The fourth-order valence-electron chi connectivity index (χ4n) is 3.34. The number of carbonyl (C=O) groups is 3. The molecule has 34 heavy (non-hydrogen) atoms. The van der Waals surface area contributed by atoms with Crippen molar-refractivity contribution < 1.29 is 28.6 Å². The molecule has 1 saturated heterocycles. The second-order valence-corrected chi connectivity index (χ2v) is 7.20. The number of hydrogen-bond acceptors (Lipinski definition) is 6. The Balaban J connectivity index is 1.52. The first-order valence-electron chi connectivity index (χ1n) is 10.5. The monoisotopic (exact) mass is 458 g/mol. The Morgan fingerprint density at radius 2 is 1.47 bits per heavy atom. The number of benzene rings is 3. The number of hydrogen-bond donors (Lipinski definition) is 1. The molecule has 0 atom stereocenters. The molecule has 0 bridgehead atoms. The Labute approximate surface area is 196 Å². The van der Waals surface area contributed by atoms with Gasteiger partial charge in [-0.1, -0.05) is 36.4 Å². The van der Waals surface area contributed by atoms with Gasteiger partial charge in [0, 0.05) is 5.56 Å². The number of nitrogens with zero attached hydrogens (tertiary/aromatic N) is 1. The lowest BCUT2D eigenvalue weighted by Gasteiger charge is -2.26. The first kappa shape index (κ1) is 22.6. The number of imide groups is 2. The summed E-state index contributed by atoms with van der Waals surface area (Å²) in [7, 11) is 1.51. The molecule has 0 unspecified atom stereocenters. The molecule has 1 heterocycles. The molecule has 1 fully saturated rings. The highest BCUT2D eigenvalue weighted by atomic mass is 16.5. The van der Waals surface area contributed by atoms with Crippen LogP contribution in [0.3, 0.4) is 0 Å². The number of urea groups is 1. The van der Waals surface area contributed by atoms with Gasteiger partial charge >= 0.3 is 6.03 Å². The van der Waals surface area contributed by atoms with Crippen LogP contribution in [-0.4, -0.2) is 38.2 Å². The van der Waals surface area contributed by atoms with Gasteiger partial charge in [-0.2, -0.15) is 0 Å². The topological polar surface area (TPSA) is 94.2 Å². The zero-order valence-electron chi connectivity index (χ0n) is 18.4. The first-order chi connectivity index (χ1) is 16.6. The summed E-state index contributed by atoms with van der Waals surface area (Å²) in [5.74, 6) is 0.264. The fraction of sp³-hybridized carbons (Fsp3) is 0.115. The second-order valence-electron chi connectivity index (χ2n) is 7.20. The molecule has 0 saturated carbocycles. The normalized spacial score (nSPS) is 14.7. The van der Waals surface area contributed by atoms with Crippen LogP contribution in [0.2, 0.25) is 0 Å². The van der Waals surface area contributed by atoms with E-state index in [0.717, 1.165) is 10.6 Å². The molecule has 8 nitrogen and oxygen atoms in total. The summed E-state index contributed by atoms with van der Waals surface area (Å²) in [5.41, 5.74) is 0.640. The number of methoxy groups -OCH3 is 1. The quantitative estimate of drug-likeness (QED) is 0.313. The summed E-state index contributed by atoms with van der Waals surface area (Å²) in [6, 6.07) is 21.9. The van der Waals surface area contributed by atoms with Crippen molar-refractivity contribution in [3.63, 3.8) is 0 Å².